The van der Waals surface area contributed by atoms with Gasteiger partial charge in [0.25, 0.3) is 0 Å². The minimum atomic E-state index is -0.459. The van der Waals surface area contributed by atoms with Gasteiger partial charge in [0.1, 0.15) is 11.3 Å². The molecule has 0 aliphatic carbocycles. The highest BCUT2D eigenvalue weighted by Crippen LogP contribution is 2.22. The first-order valence-electron chi connectivity index (χ1n) is 10.9. The molecule has 0 bridgehead atoms. The summed E-state index contributed by atoms with van der Waals surface area (Å²) in [5, 5.41) is 0. The third-order valence-corrected chi connectivity index (χ3v) is 5.82. The molecule has 0 spiro atoms. The first-order valence-corrected chi connectivity index (χ1v) is 10.9. The molecule has 4 aromatic rings. The Balaban J connectivity index is 1.58. The maximum Gasteiger partial charge on any atom is 0.338 e. The van der Waals surface area contributed by atoms with Crippen LogP contribution in [0.5, 0.6) is 5.75 Å². The molecule has 34 heavy (non-hydrogen) atoms. The molecular formula is C25H28N6O3. The molecule has 1 amide bonds. The molecule has 0 atom stereocenters. The van der Waals surface area contributed by atoms with Crippen LogP contribution in [0.2, 0.25) is 0 Å². The number of carbonyl (C=O) groups excluding carboxylic acids is 1. The van der Waals surface area contributed by atoms with E-state index in [1.807, 2.05) is 67.5 Å². The van der Waals surface area contributed by atoms with Crippen molar-refractivity contribution in [3.63, 3.8) is 0 Å². The van der Waals surface area contributed by atoms with E-state index in [2.05, 4.69) is 9.97 Å². The number of benzene rings is 2. The molecule has 2 aromatic carbocycles. The van der Waals surface area contributed by atoms with Gasteiger partial charge in [-0.2, -0.15) is 0 Å². The van der Waals surface area contributed by atoms with E-state index in [9.17, 15) is 9.59 Å². The lowest BCUT2D eigenvalue weighted by Crippen LogP contribution is -2.38. The van der Waals surface area contributed by atoms with Gasteiger partial charge in [0, 0.05) is 46.0 Å². The Hall–Kier alpha value is -4.14. The van der Waals surface area contributed by atoms with Crippen LogP contribution in [0.4, 0.5) is 10.5 Å². The van der Waals surface area contributed by atoms with E-state index in [0.29, 0.717) is 35.7 Å². The first kappa shape index (κ1) is 23.0. The van der Waals surface area contributed by atoms with Gasteiger partial charge in [0.15, 0.2) is 11.5 Å². The maximum absolute atomic E-state index is 13.2. The van der Waals surface area contributed by atoms with Gasteiger partial charge < -0.3 is 14.5 Å². The van der Waals surface area contributed by atoms with Crippen LogP contribution in [0.15, 0.2) is 59.5 Å². The van der Waals surface area contributed by atoms with E-state index < -0.39 is 11.7 Å². The summed E-state index contributed by atoms with van der Waals surface area (Å²) >= 11 is 0. The number of amides is 1. The van der Waals surface area contributed by atoms with Gasteiger partial charge in [0.05, 0.1) is 13.3 Å². The highest BCUT2D eigenvalue weighted by Gasteiger charge is 2.22. The molecule has 176 valence electrons. The molecule has 0 aliphatic rings. The van der Waals surface area contributed by atoms with Crippen molar-refractivity contribution in [1.29, 1.82) is 0 Å². The van der Waals surface area contributed by atoms with E-state index in [4.69, 9.17) is 4.74 Å². The average molecular weight is 461 g/mol. The Morgan fingerprint density at radius 1 is 1.09 bits per heavy atom. The molecule has 9 nitrogen and oxygen atoms in total. The van der Waals surface area contributed by atoms with Crippen LogP contribution in [-0.2, 0) is 13.5 Å². The number of methoxy groups -OCH3 is 1. The Morgan fingerprint density at radius 3 is 2.50 bits per heavy atom. The van der Waals surface area contributed by atoms with E-state index >= 15 is 0 Å². The predicted molar refractivity (Wildman–Crippen MR) is 133 cm³/mol. The molecule has 2 aromatic heterocycles. The van der Waals surface area contributed by atoms with Gasteiger partial charge in [-0.15, -0.1) is 0 Å². The Bertz CT molecular complexity index is 1390. The number of imidazole rings is 1. The SMILES string of the molecule is COc1cccc(-c2ncc3c(n2)n(C)c(=O)n3C(=O)N(C)CCc2ccc(N(C)C)cc2)c1. The van der Waals surface area contributed by atoms with Crippen molar-refractivity contribution in [1.82, 2.24) is 24.0 Å². The number of rotatable bonds is 6. The fraction of sp³-hybridized carbons (Fsp3) is 0.280. The maximum atomic E-state index is 13.2. The summed E-state index contributed by atoms with van der Waals surface area (Å²) in [4.78, 5) is 38.7. The fourth-order valence-electron chi connectivity index (χ4n) is 3.72. The van der Waals surface area contributed by atoms with Crippen molar-refractivity contribution in [3.05, 3.63) is 70.8 Å². The summed E-state index contributed by atoms with van der Waals surface area (Å²) in [5.41, 5.74) is 3.28. The molecule has 0 saturated carbocycles. The largest absolute Gasteiger partial charge is 0.497 e. The molecule has 0 unspecified atom stereocenters. The number of nitrogens with zero attached hydrogens (tertiary/aromatic N) is 6. The monoisotopic (exact) mass is 460 g/mol. The standard InChI is InChI=1S/C25H28N6O3/c1-28(2)19-11-9-17(10-12-19)13-14-29(3)24(32)31-21-16-26-22(27-23(21)30(4)25(31)33)18-7-6-8-20(15-18)34-5/h6-12,15-16H,13-14H2,1-5H3. The van der Waals surface area contributed by atoms with Crippen molar-refractivity contribution in [2.24, 2.45) is 7.05 Å². The van der Waals surface area contributed by atoms with Crippen molar-refractivity contribution < 1.29 is 9.53 Å². The molecule has 0 saturated heterocycles. The lowest BCUT2D eigenvalue weighted by molar-refractivity contribution is 0.211. The predicted octanol–water partition coefficient (Wildman–Crippen LogP) is 3.01. The fourth-order valence-corrected chi connectivity index (χ4v) is 3.72. The second-order valence-electron chi connectivity index (χ2n) is 8.33. The minimum absolute atomic E-state index is 0.367. The summed E-state index contributed by atoms with van der Waals surface area (Å²) < 4.78 is 7.76. The van der Waals surface area contributed by atoms with Crippen LogP contribution in [0.25, 0.3) is 22.6 Å². The Morgan fingerprint density at radius 2 is 1.82 bits per heavy atom. The van der Waals surface area contributed by atoms with Gasteiger partial charge in [-0.1, -0.05) is 24.3 Å². The number of likely N-dealkylation sites (N-methyl/N-ethyl adjacent to an activating group) is 1. The summed E-state index contributed by atoms with van der Waals surface area (Å²) in [6.45, 7) is 0.464. The van der Waals surface area contributed by atoms with Crippen LogP contribution >= 0.6 is 0 Å². The van der Waals surface area contributed by atoms with Gasteiger partial charge in [-0.25, -0.2) is 24.1 Å². The van der Waals surface area contributed by atoms with Crippen LogP contribution in [0, 0.1) is 0 Å². The number of hydrogen-bond acceptors (Lipinski definition) is 6. The number of ether oxygens (including phenoxy) is 1. The van der Waals surface area contributed by atoms with E-state index in [0.717, 1.165) is 21.4 Å². The van der Waals surface area contributed by atoms with Crippen molar-refractivity contribution >= 4 is 22.9 Å². The second kappa shape index (κ2) is 9.38. The zero-order valence-electron chi connectivity index (χ0n) is 20.0. The first-order chi connectivity index (χ1) is 16.3. The summed E-state index contributed by atoms with van der Waals surface area (Å²) in [5.74, 6) is 1.13. The average Bonchev–Trinajstić information content (AvgIpc) is 3.11. The van der Waals surface area contributed by atoms with E-state index in [-0.39, 0.29) is 0 Å². The molecule has 0 N–H and O–H groups in total. The van der Waals surface area contributed by atoms with Crippen LogP contribution in [0.3, 0.4) is 0 Å². The number of aromatic nitrogens is 4. The molecule has 2 heterocycles. The lowest BCUT2D eigenvalue weighted by Gasteiger charge is -2.18. The van der Waals surface area contributed by atoms with Gasteiger partial charge in [-0.3, -0.25) is 4.57 Å². The molecular weight excluding hydrogens is 432 g/mol. The summed E-state index contributed by atoms with van der Waals surface area (Å²) in [7, 11) is 8.86. The Labute approximate surface area is 197 Å². The number of carbonyl (C=O) groups is 1. The molecule has 4 rings (SSSR count). The third-order valence-electron chi connectivity index (χ3n) is 5.82. The van der Waals surface area contributed by atoms with Crippen LogP contribution in [0.1, 0.15) is 5.56 Å². The zero-order chi connectivity index (χ0) is 24.4. The van der Waals surface area contributed by atoms with Crippen LogP contribution in [-0.4, -0.2) is 64.8 Å². The van der Waals surface area contributed by atoms with Gasteiger partial charge in [0.2, 0.25) is 0 Å². The normalized spacial score (nSPS) is 11.0. The zero-order valence-corrected chi connectivity index (χ0v) is 20.0. The van der Waals surface area contributed by atoms with E-state index in [1.54, 1.807) is 21.2 Å². The second-order valence-corrected chi connectivity index (χ2v) is 8.33. The molecule has 0 aliphatic heterocycles. The van der Waals surface area contributed by atoms with Crippen molar-refractivity contribution in [2.45, 2.75) is 6.42 Å². The summed E-state index contributed by atoms with van der Waals surface area (Å²) in [6.07, 6.45) is 2.19. The van der Waals surface area contributed by atoms with Gasteiger partial charge >= 0.3 is 11.7 Å². The lowest BCUT2D eigenvalue weighted by atomic mass is 10.1. The molecule has 0 radical (unpaired) electrons. The number of aryl methyl sites for hydroxylation is 1. The van der Waals surface area contributed by atoms with Crippen LogP contribution < -0.4 is 15.3 Å². The number of fused-ring (bicyclic) bond motifs is 1. The highest BCUT2D eigenvalue weighted by atomic mass is 16.5. The van der Waals surface area contributed by atoms with Gasteiger partial charge in [-0.05, 0) is 36.2 Å². The highest BCUT2D eigenvalue weighted by molar-refractivity contribution is 5.88. The Kier molecular flexibility index (Phi) is 6.36. The quantitative estimate of drug-likeness (QED) is 0.440. The minimum Gasteiger partial charge on any atom is -0.497 e. The topological polar surface area (TPSA) is 85.5 Å². The third kappa shape index (κ3) is 4.36. The summed E-state index contributed by atoms with van der Waals surface area (Å²) in [6, 6.07) is 15.1. The van der Waals surface area contributed by atoms with Crippen molar-refractivity contribution in [2.75, 3.05) is 39.7 Å². The molecule has 9 heteroatoms. The van der Waals surface area contributed by atoms with E-state index in [1.165, 1.54) is 15.7 Å². The number of anilines is 1. The smallest absolute Gasteiger partial charge is 0.338 e. The molecule has 0 fully saturated rings. The number of hydrogen-bond donors (Lipinski definition) is 0. The van der Waals surface area contributed by atoms with Crippen molar-refractivity contribution in [3.8, 4) is 17.1 Å².